The molecule has 2 rings (SSSR count). The molecule has 0 N–H and O–H groups in total. The Hall–Kier alpha value is -0.408. The molecule has 0 unspecified atom stereocenters. The second-order valence-corrected chi connectivity index (χ2v) is 4.87. The van der Waals surface area contributed by atoms with Gasteiger partial charge in [0.2, 0.25) is 0 Å². The number of rotatable bonds is 2. The van der Waals surface area contributed by atoms with Crippen LogP contribution in [0.4, 0.5) is 0 Å². The number of hydrogen-bond donors (Lipinski definition) is 0. The van der Waals surface area contributed by atoms with Crippen molar-refractivity contribution in [3.8, 4) is 0 Å². The van der Waals surface area contributed by atoms with Gasteiger partial charge in [0.1, 0.15) is 7.80 Å². The minimum absolute atomic E-state index is 0. The fourth-order valence-corrected chi connectivity index (χ4v) is 2.67. The summed E-state index contributed by atoms with van der Waals surface area (Å²) in [5, 5.41) is 1.84. The van der Waals surface area contributed by atoms with Crippen molar-refractivity contribution in [2.24, 2.45) is 0 Å². The second-order valence-electron chi connectivity index (χ2n) is 3.06. The van der Waals surface area contributed by atoms with Gasteiger partial charge < -0.3 is 4.57 Å². The number of benzene rings is 2. The van der Waals surface area contributed by atoms with E-state index in [0.29, 0.717) is 0 Å². The first kappa shape index (κ1) is 12.7. The maximum absolute atomic E-state index is 12.0. The minimum atomic E-state index is -1.79. The Labute approximate surface area is 110 Å². The third-order valence-corrected chi connectivity index (χ3v) is 3.79. The van der Waals surface area contributed by atoms with Crippen LogP contribution in [-0.4, -0.2) is 27.3 Å². The van der Waals surface area contributed by atoms with E-state index < -0.39 is 7.80 Å². The van der Waals surface area contributed by atoms with Gasteiger partial charge in [-0.2, -0.15) is 0 Å². The van der Waals surface area contributed by atoms with Crippen LogP contribution in [0.3, 0.4) is 0 Å². The van der Waals surface area contributed by atoms with Gasteiger partial charge in [-0.1, -0.05) is 60.7 Å². The molecule has 75 valence electrons. The summed E-state index contributed by atoms with van der Waals surface area (Å²) in [6, 6.07) is 19.2. The van der Waals surface area contributed by atoms with E-state index in [2.05, 4.69) is 0 Å². The van der Waals surface area contributed by atoms with Crippen LogP contribution in [0.1, 0.15) is 0 Å². The Morgan fingerprint density at radius 3 is 1.33 bits per heavy atom. The maximum atomic E-state index is 12.0. The van der Waals surface area contributed by atoms with E-state index in [1.807, 2.05) is 60.7 Å². The van der Waals surface area contributed by atoms with Crippen LogP contribution >= 0.6 is 7.80 Å². The van der Waals surface area contributed by atoms with Crippen LogP contribution < -0.4 is 10.6 Å². The predicted octanol–water partition coefficient (Wildman–Crippen LogP) is 1.55. The van der Waals surface area contributed by atoms with E-state index in [0.717, 1.165) is 10.6 Å². The van der Waals surface area contributed by atoms with Gasteiger partial charge in [-0.05, 0) is 0 Å². The van der Waals surface area contributed by atoms with Crippen molar-refractivity contribution in [1.29, 1.82) is 0 Å². The van der Waals surface area contributed by atoms with Gasteiger partial charge in [0, 0.05) is 10.6 Å². The monoisotopic (exact) mass is 411 g/mol. The average molecular weight is 410 g/mol. The first-order valence-corrected chi connectivity index (χ1v) is 5.93. The molecule has 0 aromatic heterocycles. The van der Waals surface area contributed by atoms with Crippen molar-refractivity contribution in [1.82, 2.24) is 0 Å². The Morgan fingerprint density at radius 2 is 1.00 bits per heavy atom. The van der Waals surface area contributed by atoms with E-state index in [-0.39, 0.29) is 27.3 Å². The fourth-order valence-electron chi connectivity index (χ4n) is 1.35. The Morgan fingerprint density at radius 1 is 0.667 bits per heavy atom. The second kappa shape index (κ2) is 6.23. The molecular formula is C12H12OPPb. The summed E-state index contributed by atoms with van der Waals surface area (Å²) in [6.07, 6.45) is 0. The van der Waals surface area contributed by atoms with E-state index in [9.17, 15) is 4.57 Å². The molecule has 0 aliphatic carbocycles. The zero-order valence-electron chi connectivity index (χ0n) is 8.26. The van der Waals surface area contributed by atoms with Crippen molar-refractivity contribution in [2.75, 3.05) is 0 Å². The Bertz CT molecular complexity index is 386. The molecule has 2 aromatic rings. The van der Waals surface area contributed by atoms with Gasteiger partial charge >= 0.3 is 27.3 Å². The average Bonchev–Trinajstić information content (AvgIpc) is 2.30. The van der Waals surface area contributed by atoms with Crippen molar-refractivity contribution in [3.05, 3.63) is 60.7 Å². The summed E-state index contributed by atoms with van der Waals surface area (Å²) < 4.78 is 12.0. The fraction of sp³-hybridized carbons (Fsp3) is 0. The van der Waals surface area contributed by atoms with Crippen LogP contribution in [0.15, 0.2) is 60.7 Å². The van der Waals surface area contributed by atoms with Crippen LogP contribution in [-0.2, 0) is 4.57 Å². The standard InChI is InChI=1S/C12H11OP.Pb.H/c13-14(11-7-3-1-4-8-11)12-9-5-2-6-10-12;;/h1-10,14H;;. The molecule has 1 nitrogen and oxygen atoms in total. The van der Waals surface area contributed by atoms with Crippen LogP contribution in [0.2, 0.25) is 0 Å². The zero-order chi connectivity index (χ0) is 9.80. The van der Waals surface area contributed by atoms with Gasteiger partial charge in [0.25, 0.3) is 0 Å². The van der Waals surface area contributed by atoms with Gasteiger partial charge in [0.05, 0.1) is 0 Å². The molecule has 0 saturated heterocycles. The molecule has 0 aliphatic rings. The van der Waals surface area contributed by atoms with Crippen molar-refractivity contribution >= 4 is 45.7 Å². The van der Waals surface area contributed by atoms with Gasteiger partial charge in [-0.3, -0.25) is 0 Å². The molecular weight excluding hydrogens is 398 g/mol. The van der Waals surface area contributed by atoms with Crippen molar-refractivity contribution < 1.29 is 4.57 Å². The van der Waals surface area contributed by atoms with E-state index in [1.54, 1.807) is 0 Å². The summed E-state index contributed by atoms with van der Waals surface area (Å²) in [6.45, 7) is 0. The van der Waals surface area contributed by atoms with Gasteiger partial charge in [-0.15, -0.1) is 0 Å². The molecule has 0 amide bonds. The molecule has 2 aromatic carbocycles. The predicted molar refractivity (Wildman–Crippen MR) is 68.3 cm³/mol. The Balaban J connectivity index is 0.00000112. The van der Waals surface area contributed by atoms with E-state index in [4.69, 9.17) is 0 Å². The molecule has 0 spiro atoms. The quantitative estimate of drug-likeness (QED) is 0.543. The third-order valence-electron chi connectivity index (χ3n) is 2.07. The molecule has 15 heavy (non-hydrogen) atoms. The van der Waals surface area contributed by atoms with Crippen LogP contribution in [0.5, 0.6) is 0 Å². The van der Waals surface area contributed by atoms with Crippen molar-refractivity contribution in [2.45, 2.75) is 0 Å². The molecule has 0 aliphatic heterocycles. The summed E-state index contributed by atoms with van der Waals surface area (Å²) in [5.74, 6) is 0. The van der Waals surface area contributed by atoms with Crippen LogP contribution in [0, 0.1) is 0 Å². The molecule has 0 fully saturated rings. The SMILES string of the molecule is O=[PH](c1ccccc1)c1ccccc1.[PbH]. The topological polar surface area (TPSA) is 17.1 Å². The molecule has 0 saturated carbocycles. The summed E-state index contributed by atoms with van der Waals surface area (Å²) in [5.41, 5.74) is 0. The number of hydrogen-bond acceptors (Lipinski definition) is 1. The van der Waals surface area contributed by atoms with Gasteiger partial charge in [0.15, 0.2) is 0 Å². The first-order valence-electron chi connectivity index (χ1n) is 4.53. The van der Waals surface area contributed by atoms with Crippen molar-refractivity contribution in [3.63, 3.8) is 0 Å². The molecule has 0 heterocycles. The summed E-state index contributed by atoms with van der Waals surface area (Å²) >= 11 is 0. The third kappa shape index (κ3) is 3.28. The van der Waals surface area contributed by atoms with Gasteiger partial charge in [-0.25, -0.2) is 0 Å². The molecule has 0 atom stereocenters. The molecule has 0 bridgehead atoms. The summed E-state index contributed by atoms with van der Waals surface area (Å²) in [4.78, 5) is 0. The zero-order valence-corrected chi connectivity index (χ0v) is 13.7. The van der Waals surface area contributed by atoms with Crippen LogP contribution in [0.25, 0.3) is 0 Å². The molecule has 3 radical (unpaired) electrons. The normalized spacial score (nSPS) is 9.67. The van der Waals surface area contributed by atoms with E-state index in [1.165, 1.54) is 0 Å². The molecule has 3 heteroatoms. The Kier molecular flexibility index (Phi) is 5.26. The first-order chi connectivity index (χ1) is 6.88. The van der Waals surface area contributed by atoms with E-state index >= 15 is 0 Å². The summed E-state index contributed by atoms with van der Waals surface area (Å²) in [7, 11) is -1.79.